The van der Waals surface area contributed by atoms with Crippen LogP contribution in [0.25, 0.3) is 0 Å². The normalized spacial score (nSPS) is 11.7. The summed E-state index contributed by atoms with van der Waals surface area (Å²) < 4.78 is 0. The predicted octanol–water partition coefficient (Wildman–Crippen LogP) is -0.171. The van der Waals surface area contributed by atoms with Crippen molar-refractivity contribution in [2.24, 2.45) is 5.73 Å². The fraction of sp³-hybridized carbons (Fsp3) is 0.200. The molecule has 0 aliphatic heterocycles. The SMILES string of the molecule is NC(=O)[C@@H](Cc1ccccc1)NC=O. The van der Waals surface area contributed by atoms with Gasteiger partial charge in [-0.3, -0.25) is 9.59 Å². The van der Waals surface area contributed by atoms with Crippen LogP contribution in [0.2, 0.25) is 0 Å². The van der Waals surface area contributed by atoms with Crippen molar-refractivity contribution in [1.82, 2.24) is 5.32 Å². The zero-order valence-electron chi connectivity index (χ0n) is 7.64. The van der Waals surface area contributed by atoms with Crippen molar-refractivity contribution < 1.29 is 9.59 Å². The smallest absolute Gasteiger partial charge is 0.240 e. The molecule has 4 heteroatoms. The second kappa shape index (κ2) is 5.01. The van der Waals surface area contributed by atoms with Crippen LogP contribution in [0.15, 0.2) is 30.3 Å². The van der Waals surface area contributed by atoms with Gasteiger partial charge in [-0.25, -0.2) is 0 Å². The summed E-state index contributed by atoms with van der Waals surface area (Å²) in [6.45, 7) is 0. The van der Waals surface area contributed by atoms with Gasteiger partial charge >= 0.3 is 0 Å². The first-order chi connectivity index (χ1) is 6.74. The van der Waals surface area contributed by atoms with Gasteiger partial charge in [-0.05, 0) is 5.56 Å². The van der Waals surface area contributed by atoms with Gasteiger partial charge in [-0.1, -0.05) is 30.3 Å². The van der Waals surface area contributed by atoms with Crippen LogP contribution >= 0.6 is 0 Å². The number of primary amides is 1. The van der Waals surface area contributed by atoms with Crippen LogP contribution in [0, 0.1) is 0 Å². The number of rotatable bonds is 5. The molecule has 3 N–H and O–H groups in total. The first-order valence-corrected chi connectivity index (χ1v) is 4.27. The summed E-state index contributed by atoms with van der Waals surface area (Å²) in [5.41, 5.74) is 6.07. The molecule has 1 rings (SSSR count). The minimum absolute atomic E-state index is 0.426. The number of benzene rings is 1. The maximum absolute atomic E-state index is 10.9. The summed E-state index contributed by atoms with van der Waals surface area (Å²) in [6, 6.07) is 8.75. The van der Waals surface area contributed by atoms with E-state index in [-0.39, 0.29) is 0 Å². The molecule has 1 aromatic carbocycles. The molecule has 0 saturated heterocycles. The Hall–Kier alpha value is -1.84. The lowest BCUT2D eigenvalue weighted by Crippen LogP contribution is -2.42. The number of carbonyl (C=O) groups excluding carboxylic acids is 2. The highest BCUT2D eigenvalue weighted by atomic mass is 16.2. The Kier molecular flexibility index (Phi) is 3.67. The Morgan fingerprint density at radius 3 is 2.57 bits per heavy atom. The van der Waals surface area contributed by atoms with Crippen LogP contribution in [0.5, 0.6) is 0 Å². The van der Waals surface area contributed by atoms with E-state index in [4.69, 9.17) is 5.73 Å². The Morgan fingerprint density at radius 1 is 1.43 bits per heavy atom. The molecule has 0 aliphatic rings. The Morgan fingerprint density at radius 2 is 2.07 bits per heavy atom. The van der Waals surface area contributed by atoms with Crippen molar-refractivity contribution in [1.29, 1.82) is 0 Å². The summed E-state index contributed by atoms with van der Waals surface area (Å²) in [5, 5.41) is 2.38. The van der Waals surface area contributed by atoms with Gasteiger partial charge in [-0.15, -0.1) is 0 Å². The molecule has 4 nitrogen and oxygen atoms in total. The van der Waals surface area contributed by atoms with E-state index in [1.165, 1.54) is 0 Å². The highest BCUT2D eigenvalue weighted by Crippen LogP contribution is 2.02. The number of nitrogens with one attached hydrogen (secondary N) is 1. The number of hydrogen-bond acceptors (Lipinski definition) is 2. The molecule has 0 unspecified atom stereocenters. The van der Waals surface area contributed by atoms with Gasteiger partial charge in [0.2, 0.25) is 12.3 Å². The predicted molar refractivity (Wildman–Crippen MR) is 52.3 cm³/mol. The minimum atomic E-state index is -0.630. The average Bonchev–Trinajstić information content (AvgIpc) is 2.18. The summed E-state index contributed by atoms with van der Waals surface area (Å²) in [7, 11) is 0. The van der Waals surface area contributed by atoms with Crippen LogP contribution < -0.4 is 11.1 Å². The number of nitrogens with two attached hydrogens (primary N) is 1. The molecular formula is C10H12N2O2. The summed E-state index contributed by atoms with van der Waals surface area (Å²) in [6.07, 6.45) is 0.910. The van der Waals surface area contributed by atoms with Gasteiger partial charge in [0.05, 0.1) is 0 Å². The van der Waals surface area contributed by atoms with Gasteiger partial charge in [0.1, 0.15) is 6.04 Å². The maximum atomic E-state index is 10.9. The van der Waals surface area contributed by atoms with Crippen LogP contribution in [0.1, 0.15) is 5.56 Å². The summed E-state index contributed by atoms with van der Waals surface area (Å²) in [5.74, 6) is -0.527. The topological polar surface area (TPSA) is 72.2 Å². The molecule has 0 saturated carbocycles. The van der Waals surface area contributed by atoms with E-state index in [0.717, 1.165) is 5.56 Å². The molecule has 1 aromatic rings. The first kappa shape index (κ1) is 10.2. The van der Waals surface area contributed by atoms with Gasteiger partial charge < -0.3 is 11.1 Å². The van der Waals surface area contributed by atoms with E-state index in [0.29, 0.717) is 12.8 Å². The quantitative estimate of drug-likeness (QED) is 0.636. The van der Waals surface area contributed by atoms with Crippen LogP contribution in [0.3, 0.4) is 0 Å². The fourth-order valence-corrected chi connectivity index (χ4v) is 1.17. The van der Waals surface area contributed by atoms with Crippen molar-refractivity contribution in [2.75, 3.05) is 0 Å². The molecule has 1 atom stereocenters. The summed E-state index contributed by atoms with van der Waals surface area (Å²) >= 11 is 0. The molecule has 0 spiro atoms. The van der Waals surface area contributed by atoms with Crippen molar-refractivity contribution in [2.45, 2.75) is 12.5 Å². The molecule has 0 fully saturated rings. The third-order valence-corrected chi connectivity index (χ3v) is 1.90. The maximum Gasteiger partial charge on any atom is 0.240 e. The molecule has 14 heavy (non-hydrogen) atoms. The minimum Gasteiger partial charge on any atom is -0.368 e. The Balaban J connectivity index is 2.64. The molecular weight excluding hydrogens is 180 g/mol. The highest BCUT2D eigenvalue weighted by Gasteiger charge is 2.13. The van der Waals surface area contributed by atoms with E-state index in [9.17, 15) is 9.59 Å². The van der Waals surface area contributed by atoms with E-state index >= 15 is 0 Å². The zero-order valence-corrected chi connectivity index (χ0v) is 7.64. The molecule has 0 heterocycles. The van der Waals surface area contributed by atoms with Gasteiger partial charge in [0.25, 0.3) is 0 Å². The molecule has 0 aliphatic carbocycles. The number of amides is 2. The largest absolute Gasteiger partial charge is 0.368 e. The zero-order chi connectivity index (χ0) is 10.4. The lowest BCUT2D eigenvalue weighted by molar-refractivity contribution is -0.122. The Bertz CT molecular complexity index is 311. The first-order valence-electron chi connectivity index (χ1n) is 4.27. The molecule has 0 aromatic heterocycles. The van der Waals surface area contributed by atoms with Crippen LogP contribution in [-0.2, 0) is 16.0 Å². The Labute approximate surface area is 82.1 Å². The van der Waals surface area contributed by atoms with Gasteiger partial charge in [-0.2, -0.15) is 0 Å². The lowest BCUT2D eigenvalue weighted by atomic mass is 10.1. The second-order valence-corrected chi connectivity index (χ2v) is 2.93. The van der Waals surface area contributed by atoms with Crippen molar-refractivity contribution in [3.8, 4) is 0 Å². The van der Waals surface area contributed by atoms with Crippen molar-refractivity contribution >= 4 is 12.3 Å². The monoisotopic (exact) mass is 192 g/mol. The molecule has 0 bridgehead atoms. The van der Waals surface area contributed by atoms with Crippen LogP contribution in [-0.4, -0.2) is 18.4 Å². The third-order valence-electron chi connectivity index (χ3n) is 1.90. The third kappa shape index (κ3) is 2.90. The van der Waals surface area contributed by atoms with E-state index in [2.05, 4.69) is 5.32 Å². The molecule has 74 valence electrons. The molecule has 2 amide bonds. The van der Waals surface area contributed by atoms with E-state index in [1.54, 1.807) is 0 Å². The van der Waals surface area contributed by atoms with Crippen molar-refractivity contribution in [3.63, 3.8) is 0 Å². The lowest BCUT2D eigenvalue weighted by Gasteiger charge is -2.11. The van der Waals surface area contributed by atoms with E-state index in [1.807, 2.05) is 30.3 Å². The van der Waals surface area contributed by atoms with Crippen molar-refractivity contribution in [3.05, 3.63) is 35.9 Å². The van der Waals surface area contributed by atoms with E-state index < -0.39 is 11.9 Å². The summed E-state index contributed by atoms with van der Waals surface area (Å²) in [4.78, 5) is 21.1. The second-order valence-electron chi connectivity index (χ2n) is 2.93. The highest BCUT2D eigenvalue weighted by molar-refractivity contribution is 5.82. The fourth-order valence-electron chi connectivity index (χ4n) is 1.17. The number of carbonyl (C=O) groups is 2. The standard InChI is InChI=1S/C10H12N2O2/c11-10(14)9(12-7-13)6-8-4-2-1-3-5-8/h1-5,7,9H,6H2,(H2,11,14)(H,12,13)/t9-/m1/s1. The molecule has 0 radical (unpaired) electrons. The van der Waals surface area contributed by atoms with Gasteiger partial charge in [0.15, 0.2) is 0 Å². The van der Waals surface area contributed by atoms with Crippen LogP contribution in [0.4, 0.5) is 0 Å². The average molecular weight is 192 g/mol. The number of hydrogen-bond donors (Lipinski definition) is 2. The van der Waals surface area contributed by atoms with Gasteiger partial charge in [0, 0.05) is 6.42 Å².